The first kappa shape index (κ1) is 25.0. The highest BCUT2D eigenvalue weighted by molar-refractivity contribution is 6.30. The van der Waals surface area contributed by atoms with E-state index in [4.69, 9.17) is 25.9 Å². The first-order chi connectivity index (χ1) is 16.0. The Morgan fingerprint density at radius 2 is 2.09 bits per heavy atom. The fraction of sp³-hybridized carbons (Fsp3) is 0.440. The summed E-state index contributed by atoms with van der Waals surface area (Å²) in [6, 6.07) is 15.3. The summed E-state index contributed by atoms with van der Waals surface area (Å²) >= 11 is 5.98. The molecule has 1 heterocycles. The fourth-order valence-electron chi connectivity index (χ4n) is 3.68. The highest BCUT2D eigenvalue weighted by atomic mass is 35.5. The van der Waals surface area contributed by atoms with Crippen molar-refractivity contribution in [3.8, 4) is 5.75 Å². The van der Waals surface area contributed by atoms with Gasteiger partial charge in [-0.25, -0.2) is 0 Å². The average molecular weight is 475 g/mol. The maximum atomic E-state index is 11.7. The smallest absolute Gasteiger partial charge is 0.305 e. The van der Waals surface area contributed by atoms with Crippen molar-refractivity contribution in [2.75, 3.05) is 26.8 Å². The van der Waals surface area contributed by atoms with Gasteiger partial charge in [-0.3, -0.25) is 9.69 Å². The lowest BCUT2D eigenvalue weighted by Crippen LogP contribution is -2.39. The molecule has 2 aromatic carbocycles. The van der Waals surface area contributed by atoms with E-state index < -0.39 is 6.10 Å². The number of hydrogen-bond acceptors (Lipinski definition) is 7. The van der Waals surface area contributed by atoms with Crippen LogP contribution in [-0.4, -0.2) is 60.7 Å². The number of aliphatic hydroxyl groups excluding tert-OH is 1. The minimum Gasteiger partial charge on any atom is -0.497 e. The number of ether oxygens (including phenoxy) is 2. The Balaban J connectivity index is 1.62. The van der Waals surface area contributed by atoms with Crippen LogP contribution in [0.25, 0.3) is 0 Å². The Hall–Kier alpha value is -2.61. The normalized spacial score (nSPS) is 16.3. The van der Waals surface area contributed by atoms with Crippen molar-refractivity contribution in [3.63, 3.8) is 0 Å². The van der Waals surface area contributed by atoms with Gasteiger partial charge >= 0.3 is 5.97 Å². The van der Waals surface area contributed by atoms with Crippen molar-refractivity contribution in [2.45, 2.75) is 44.9 Å². The van der Waals surface area contributed by atoms with Crippen molar-refractivity contribution in [3.05, 3.63) is 64.7 Å². The quantitative estimate of drug-likeness (QED) is 0.467. The number of carbonyl (C=O) groups excluding carboxylic acids is 1. The van der Waals surface area contributed by atoms with Crippen LogP contribution in [0.15, 0.2) is 53.7 Å². The van der Waals surface area contributed by atoms with Gasteiger partial charge in [0, 0.05) is 37.5 Å². The summed E-state index contributed by atoms with van der Waals surface area (Å²) in [6.07, 6.45) is 0.746. The van der Waals surface area contributed by atoms with Crippen molar-refractivity contribution < 1.29 is 24.2 Å². The minimum atomic E-state index is -0.811. The van der Waals surface area contributed by atoms with Crippen molar-refractivity contribution in [1.29, 1.82) is 0 Å². The minimum absolute atomic E-state index is 0.0362. The van der Waals surface area contributed by atoms with E-state index in [9.17, 15) is 9.90 Å². The van der Waals surface area contributed by atoms with Crippen molar-refractivity contribution >= 4 is 23.3 Å². The van der Waals surface area contributed by atoms with Crippen molar-refractivity contribution in [1.82, 2.24) is 4.90 Å². The predicted molar refractivity (Wildman–Crippen MR) is 128 cm³/mol. The fourth-order valence-corrected chi connectivity index (χ4v) is 3.80. The second kappa shape index (κ2) is 12.6. The summed E-state index contributed by atoms with van der Waals surface area (Å²) in [5, 5.41) is 15.5. The Labute approximate surface area is 199 Å². The van der Waals surface area contributed by atoms with Gasteiger partial charge in [-0.1, -0.05) is 47.9 Å². The van der Waals surface area contributed by atoms with Gasteiger partial charge in [-0.2, -0.15) is 0 Å². The van der Waals surface area contributed by atoms with E-state index >= 15 is 0 Å². The van der Waals surface area contributed by atoms with E-state index in [2.05, 4.69) is 10.1 Å². The number of carbonyl (C=O) groups is 1. The third-order valence-electron chi connectivity index (χ3n) is 5.27. The lowest BCUT2D eigenvalue weighted by Gasteiger charge is -2.27. The number of esters is 1. The van der Waals surface area contributed by atoms with Crippen LogP contribution >= 0.6 is 11.6 Å². The second-order valence-corrected chi connectivity index (χ2v) is 8.55. The molecule has 0 fully saturated rings. The average Bonchev–Trinajstić information content (AvgIpc) is 3.27. The summed E-state index contributed by atoms with van der Waals surface area (Å²) in [7, 11) is 1.63. The standard InChI is InChI=1S/C25H31ClN2O5/c1-3-5-25(30)32-17-21(29)15-28(14-18-6-4-7-22(12-18)31-2)16-23-13-24(27-33-23)19-8-10-20(26)11-9-19/h4,6-12,21,23,29H,3,5,13-17H2,1-2H3. The van der Waals surface area contributed by atoms with E-state index in [0.717, 1.165) is 22.6 Å². The van der Waals surface area contributed by atoms with Crippen LogP contribution < -0.4 is 4.74 Å². The number of nitrogens with zero attached hydrogens (tertiary/aromatic N) is 2. The van der Waals surface area contributed by atoms with Gasteiger partial charge in [-0.15, -0.1) is 0 Å². The van der Waals surface area contributed by atoms with Gasteiger partial charge < -0.3 is 19.4 Å². The van der Waals surface area contributed by atoms with Gasteiger partial charge in [0.2, 0.25) is 0 Å². The summed E-state index contributed by atoms with van der Waals surface area (Å²) in [4.78, 5) is 19.4. The monoisotopic (exact) mass is 474 g/mol. The van der Waals surface area contributed by atoms with Crippen LogP contribution in [0, 0.1) is 0 Å². The summed E-state index contributed by atoms with van der Waals surface area (Å²) in [6.45, 7) is 3.33. The molecule has 0 saturated carbocycles. The summed E-state index contributed by atoms with van der Waals surface area (Å²) in [5.74, 6) is 0.475. The molecule has 2 aromatic rings. The van der Waals surface area contributed by atoms with Crippen LogP contribution in [0.4, 0.5) is 0 Å². The molecule has 0 bridgehead atoms. The first-order valence-electron chi connectivity index (χ1n) is 11.1. The highest BCUT2D eigenvalue weighted by Crippen LogP contribution is 2.21. The molecule has 178 valence electrons. The molecule has 1 N–H and O–H groups in total. The molecule has 0 radical (unpaired) electrons. The molecule has 2 atom stereocenters. The zero-order chi connectivity index (χ0) is 23.6. The molecule has 0 aliphatic carbocycles. The third kappa shape index (κ3) is 8.03. The SMILES string of the molecule is CCCC(=O)OCC(O)CN(Cc1cccc(OC)c1)CC1CC(c2ccc(Cl)cc2)=NO1. The lowest BCUT2D eigenvalue weighted by atomic mass is 10.0. The zero-order valence-corrected chi connectivity index (χ0v) is 19.8. The Morgan fingerprint density at radius 1 is 1.30 bits per heavy atom. The lowest BCUT2D eigenvalue weighted by molar-refractivity contribution is -0.147. The van der Waals surface area contributed by atoms with Gasteiger partial charge in [0.1, 0.15) is 24.6 Å². The second-order valence-electron chi connectivity index (χ2n) is 8.11. The predicted octanol–water partition coefficient (Wildman–Crippen LogP) is 4.05. The molecule has 0 spiro atoms. The number of aliphatic hydroxyl groups is 1. The molecule has 0 aromatic heterocycles. The molecule has 1 aliphatic heterocycles. The molecular formula is C25H31ClN2O5. The molecule has 0 amide bonds. The van der Waals surface area contributed by atoms with Crippen molar-refractivity contribution in [2.24, 2.45) is 5.16 Å². The zero-order valence-electron chi connectivity index (χ0n) is 19.1. The molecule has 1 aliphatic rings. The van der Waals surface area contributed by atoms with E-state index in [1.807, 2.05) is 55.5 Å². The number of halogens is 1. The number of oxime groups is 1. The molecule has 33 heavy (non-hydrogen) atoms. The Kier molecular flexibility index (Phi) is 9.54. The molecule has 0 saturated heterocycles. The highest BCUT2D eigenvalue weighted by Gasteiger charge is 2.26. The Morgan fingerprint density at radius 3 is 2.82 bits per heavy atom. The van der Waals surface area contributed by atoms with Gasteiger partial charge in [0.05, 0.1) is 12.8 Å². The van der Waals surface area contributed by atoms with Crippen LogP contribution in [0.2, 0.25) is 5.02 Å². The van der Waals surface area contributed by atoms with Crippen LogP contribution in [0.3, 0.4) is 0 Å². The molecular weight excluding hydrogens is 444 g/mol. The molecule has 3 rings (SSSR count). The molecule has 7 nitrogen and oxygen atoms in total. The number of rotatable bonds is 12. The number of benzene rings is 2. The number of hydrogen-bond donors (Lipinski definition) is 1. The number of methoxy groups -OCH3 is 1. The van der Waals surface area contributed by atoms with Gasteiger partial charge in [0.25, 0.3) is 0 Å². The maximum Gasteiger partial charge on any atom is 0.305 e. The Bertz CT molecular complexity index is 935. The maximum absolute atomic E-state index is 11.7. The van der Waals surface area contributed by atoms with E-state index in [-0.39, 0.29) is 18.7 Å². The van der Waals surface area contributed by atoms with Gasteiger partial charge in [0.15, 0.2) is 0 Å². The largest absolute Gasteiger partial charge is 0.497 e. The van der Waals surface area contributed by atoms with Crippen LogP contribution in [-0.2, 0) is 20.9 Å². The van der Waals surface area contributed by atoms with Gasteiger partial charge in [-0.05, 0) is 41.8 Å². The summed E-state index contributed by atoms with van der Waals surface area (Å²) in [5.41, 5.74) is 2.89. The van der Waals surface area contributed by atoms with Crippen LogP contribution in [0.1, 0.15) is 37.3 Å². The first-order valence-corrected chi connectivity index (χ1v) is 11.5. The van der Waals surface area contributed by atoms with E-state index in [1.54, 1.807) is 7.11 Å². The summed E-state index contributed by atoms with van der Waals surface area (Å²) < 4.78 is 10.5. The van der Waals surface area contributed by atoms with E-state index in [1.165, 1.54) is 0 Å². The van der Waals surface area contributed by atoms with E-state index in [0.29, 0.717) is 43.9 Å². The third-order valence-corrected chi connectivity index (χ3v) is 5.52. The molecule has 2 unspecified atom stereocenters. The molecule has 8 heteroatoms. The topological polar surface area (TPSA) is 80.6 Å². The van der Waals surface area contributed by atoms with Crippen LogP contribution in [0.5, 0.6) is 5.75 Å².